The van der Waals surface area contributed by atoms with Gasteiger partial charge in [0.2, 0.25) is 5.91 Å². The Labute approximate surface area is 126 Å². The molecule has 2 heterocycles. The molecule has 120 valence electrons. The molecule has 2 fully saturated rings. The lowest BCUT2D eigenvalue weighted by Crippen LogP contribution is -2.36. The van der Waals surface area contributed by atoms with E-state index < -0.39 is 5.60 Å². The Morgan fingerprint density at radius 1 is 1.19 bits per heavy atom. The fraction of sp³-hybridized carbons (Fsp3) is 0.867. The fourth-order valence-corrected chi connectivity index (χ4v) is 3.07. The van der Waals surface area contributed by atoms with Crippen molar-refractivity contribution in [2.75, 3.05) is 32.7 Å². The van der Waals surface area contributed by atoms with Gasteiger partial charge >= 0.3 is 6.09 Å². The number of hydrogen-bond donors (Lipinski definition) is 1. The molecule has 0 aromatic rings. The van der Waals surface area contributed by atoms with Crippen molar-refractivity contribution >= 4 is 12.0 Å². The summed E-state index contributed by atoms with van der Waals surface area (Å²) in [6.07, 6.45) is 1.64. The average Bonchev–Trinajstić information content (AvgIpc) is 2.96. The minimum Gasteiger partial charge on any atom is -0.444 e. The van der Waals surface area contributed by atoms with E-state index in [-0.39, 0.29) is 17.9 Å². The summed E-state index contributed by atoms with van der Waals surface area (Å²) in [4.78, 5) is 27.3. The number of likely N-dealkylation sites (tertiary alicyclic amines) is 2. The van der Waals surface area contributed by atoms with Gasteiger partial charge in [0.1, 0.15) is 5.60 Å². The van der Waals surface area contributed by atoms with E-state index in [1.807, 2.05) is 20.8 Å². The topological polar surface area (TPSA) is 75.9 Å². The van der Waals surface area contributed by atoms with Gasteiger partial charge in [-0.15, -0.1) is 0 Å². The zero-order valence-corrected chi connectivity index (χ0v) is 13.3. The number of nitrogens with two attached hydrogens (primary N) is 1. The Bertz CT molecular complexity index is 405. The number of rotatable bonds is 3. The number of hydrogen-bond acceptors (Lipinski definition) is 4. The van der Waals surface area contributed by atoms with Gasteiger partial charge < -0.3 is 20.3 Å². The average molecular weight is 297 g/mol. The third kappa shape index (κ3) is 4.59. The Morgan fingerprint density at radius 2 is 1.90 bits per heavy atom. The lowest BCUT2D eigenvalue weighted by Gasteiger charge is -2.25. The predicted octanol–water partition coefficient (Wildman–Crippen LogP) is 1.05. The third-order valence-corrected chi connectivity index (χ3v) is 4.13. The van der Waals surface area contributed by atoms with Crippen LogP contribution in [0.5, 0.6) is 0 Å². The lowest BCUT2D eigenvalue weighted by molar-refractivity contribution is -0.121. The first-order valence-electron chi connectivity index (χ1n) is 7.74. The zero-order valence-electron chi connectivity index (χ0n) is 13.3. The van der Waals surface area contributed by atoms with Crippen LogP contribution in [0, 0.1) is 11.8 Å². The molecule has 2 N–H and O–H groups in total. The van der Waals surface area contributed by atoms with Crippen LogP contribution in [0.1, 0.15) is 33.6 Å². The fourth-order valence-electron chi connectivity index (χ4n) is 3.07. The molecular formula is C15H27N3O3. The molecule has 6 nitrogen and oxygen atoms in total. The summed E-state index contributed by atoms with van der Waals surface area (Å²) in [6.45, 7) is 9.77. The molecule has 2 aliphatic heterocycles. The number of amides is 2. The summed E-state index contributed by atoms with van der Waals surface area (Å²) in [5, 5.41) is 0. The number of ether oxygens (including phenoxy) is 1. The summed E-state index contributed by atoms with van der Waals surface area (Å²) < 4.78 is 5.40. The highest BCUT2D eigenvalue weighted by atomic mass is 16.6. The lowest BCUT2D eigenvalue weighted by atomic mass is 10.1. The van der Waals surface area contributed by atoms with Gasteiger partial charge in [-0.25, -0.2) is 4.79 Å². The second kappa shape index (κ2) is 6.22. The molecule has 0 spiro atoms. The molecule has 0 aromatic heterocycles. The summed E-state index contributed by atoms with van der Waals surface area (Å²) >= 11 is 0. The van der Waals surface area contributed by atoms with Gasteiger partial charge in [0, 0.05) is 26.2 Å². The van der Waals surface area contributed by atoms with Gasteiger partial charge in [-0.1, -0.05) is 0 Å². The third-order valence-electron chi connectivity index (χ3n) is 4.13. The van der Waals surface area contributed by atoms with Crippen molar-refractivity contribution in [2.24, 2.45) is 17.6 Å². The Hall–Kier alpha value is -1.30. The zero-order chi connectivity index (χ0) is 15.6. The van der Waals surface area contributed by atoms with E-state index in [9.17, 15) is 9.59 Å². The van der Waals surface area contributed by atoms with E-state index in [2.05, 4.69) is 4.90 Å². The maximum absolute atomic E-state index is 12.0. The highest BCUT2D eigenvalue weighted by Crippen LogP contribution is 2.23. The minimum atomic E-state index is -0.446. The highest BCUT2D eigenvalue weighted by Gasteiger charge is 2.33. The van der Waals surface area contributed by atoms with Crippen LogP contribution >= 0.6 is 0 Å². The molecule has 2 amide bonds. The second-order valence-corrected chi connectivity index (χ2v) is 7.23. The number of primary amides is 1. The van der Waals surface area contributed by atoms with E-state index in [0.29, 0.717) is 5.92 Å². The summed E-state index contributed by atoms with van der Waals surface area (Å²) in [5.41, 5.74) is 4.91. The number of nitrogens with zero attached hydrogens (tertiary/aromatic N) is 2. The van der Waals surface area contributed by atoms with Crippen LogP contribution in [0.4, 0.5) is 4.79 Å². The molecule has 2 atom stereocenters. The molecule has 0 radical (unpaired) electrons. The van der Waals surface area contributed by atoms with Gasteiger partial charge in [0.25, 0.3) is 0 Å². The van der Waals surface area contributed by atoms with Crippen molar-refractivity contribution in [3.05, 3.63) is 0 Å². The SMILES string of the molecule is CC(C)(C)OC(=O)N1CCC(CN2CCC(C(N)=O)C2)C1. The molecule has 21 heavy (non-hydrogen) atoms. The molecule has 0 aliphatic carbocycles. The van der Waals surface area contributed by atoms with Crippen molar-refractivity contribution < 1.29 is 14.3 Å². The van der Waals surface area contributed by atoms with Crippen molar-refractivity contribution in [3.8, 4) is 0 Å². The normalized spacial score (nSPS) is 27.1. The summed E-state index contributed by atoms with van der Waals surface area (Å²) in [6, 6.07) is 0. The van der Waals surface area contributed by atoms with Crippen LogP contribution < -0.4 is 5.73 Å². The molecule has 6 heteroatoms. The second-order valence-electron chi connectivity index (χ2n) is 7.23. The van der Waals surface area contributed by atoms with E-state index in [4.69, 9.17) is 10.5 Å². The van der Waals surface area contributed by atoms with Gasteiger partial charge in [0.15, 0.2) is 0 Å². The van der Waals surface area contributed by atoms with E-state index in [1.54, 1.807) is 4.90 Å². The van der Waals surface area contributed by atoms with Crippen molar-refractivity contribution in [1.82, 2.24) is 9.80 Å². The van der Waals surface area contributed by atoms with E-state index in [0.717, 1.165) is 45.6 Å². The van der Waals surface area contributed by atoms with E-state index >= 15 is 0 Å². The van der Waals surface area contributed by atoms with E-state index in [1.165, 1.54) is 0 Å². The van der Waals surface area contributed by atoms with Gasteiger partial charge in [0.05, 0.1) is 5.92 Å². The Kier molecular flexibility index (Phi) is 4.76. The monoisotopic (exact) mass is 297 g/mol. The quantitative estimate of drug-likeness (QED) is 0.845. The minimum absolute atomic E-state index is 0.00615. The maximum atomic E-state index is 12.0. The Balaban J connectivity index is 1.76. The van der Waals surface area contributed by atoms with Crippen molar-refractivity contribution in [1.29, 1.82) is 0 Å². The number of carbonyl (C=O) groups is 2. The van der Waals surface area contributed by atoms with Gasteiger partial charge in [-0.2, -0.15) is 0 Å². The van der Waals surface area contributed by atoms with Crippen LogP contribution in [0.25, 0.3) is 0 Å². The molecule has 2 aliphatic rings. The molecule has 2 rings (SSSR count). The predicted molar refractivity (Wildman–Crippen MR) is 79.7 cm³/mol. The van der Waals surface area contributed by atoms with Crippen LogP contribution in [-0.4, -0.2) is 60.1 Å². The smallest absolute Gasteiger partial charge is 0.410 e. The first kappa shape index (κ1) is 16.1. The number of carbonyl (C=O) groups excluding carboxylic acids is 2. The van der Waals surface area contributed by atoms with Crippen molar-refractivity contribution in [2.45, 2.75) is 39.2 Å². The largest absolute Gasteiger partial charge is 0.444 e. The molecule has 0 aromatic carbocycles. The maximum Gasteiger partial charge on any atom is 0.410 e. The molecule has 2 unspecified atom stereocenters. The van der Waals surface area contributed by atoms with Gasteiger partial charge in [-0.05, 0) is 46.1 Å². The standard InChI is InChI=1S/C15H27N3O3/c1-15(2,3)21-14(20)18-7-4-11(9-18)8-17-6-5-12(10-17)13(16)19/h11-12H,4-10H2,1-3H3,(H2,16,19). The van der Waals surface area contributed by atoms with Crippen LogP contribution in [0.2, 0.25) is 0 Å². The van der Waals surface area contributed by atoms with Crippen molar-refractivity contribution in [3.63, 3.8) is 0 Å². The highest BCUT2D eigenvalue weighted by molar-refractivity contribution is 5.77. The van der Waals surface area contributed by atoms with Crippen LogP contribution in [-0.2, 0) is 9.53 Å². The van der Waals surface area contributed by atoms with Crippen LogP contribution in [0.15, 0.2) is 0 Å². The molecule has 0 bridgehead atoms. The van der Waals surface area contributed by atoms with Gasteiger partial charge in [-0.3, -0.25) is 4.79 Å². The van der Waals surface area contributed by atoms with Crippen LogP contribution in [0.3, 0.4) is 0 Å². The molecule has 0 saturated carbocycles. The molecular weight excluding hydrogens is 270 g/mol. The first-order valence-corrected chi connectivity index (χ1v) is 7.74. The Morgan fingerprint density at radius 3 is 2.48 bits per heavy atom. The first-order chi connectivity index (χ1) is 9.74. The summed E-state index contributed by atoms with van der Waals surface area (Å²) in [7, 11) is 0. The summed E-state index contributed by atoms with van der Waals surface area (Å²) in [5.74, 6) is 0.261. The molecule has 2 saturated heterocycles.